The first-order valence-corrected chi connectivity index (χ1v) is 5.09. The molecule has 0 aliphatic carbocycles. The first-order chi connectivity index (χ1) is 7.76. The van der Waals surface area contributed by atoms with Crippen molar-refractivity contribution in [1.82, 2.24) is 10.3 Å². The van der Waals surface area contributed by atoms with Gasteiger partial charge >= 0.3 is 0 Å². The van der Waals surface area contributed by atoms with Crippen molar-refractivity contribution < 1.29 is 4.74 Å². The van der Waals surface area contributed by atoms with E-state index in [0.29, 0.717) is 12.3 Å². The lowest BCUT2D eigenvalue weighted by Crippen LogP contribution is -2.12. The van der Waals surface area contributed by atoms with Crippen LogP contribution in [0.4, 0.5) is 0 Å². The fraction of sp³-hybridized carbons (Fsp3) is 0.250. The van der Waals surface area contributed by atoms with Crippen LogP contribution in [0.2, 0.25) is 0 Å². The number of fused-ring (bicyclic) bond motifs is 1. The molecule has 84 valence electrons. The molecule has 0 unspecified atom stereocenters. The van der Waals surface area contributed by atoms with E-state index in [9.17, 15) is 4.79 Å². The fourth-order valence-corrected chi connectivity index (χ4v) is 1.83. The highest BCUT2D eigenvalue weighted by molar-refractivity contribution is 5.87. The Kier molecular flexibility index (Phi) is 2.92. The molecule has 0 saturated carbocycles. The van der Waals surface area contributed by atoms with Crippen molar-refractivity contribution in [3.05, 3.63) is 40.2 Å². The van der Waals surface area contributed by atoms with E-state index in [1.165, 1.54) is 0 Å². The van der Waals surface area contributed by atoms with Crippen molar-refractivity contribution in [1.29, 1.82) is 0 Å². The summed E-state index contributed by atoms with van der Waals surface area (Å²) in [7, 11) is 3.45. The molecule has 0 amide bonds. The molecule has 4 nitrogen and oxygen atoms in total. The van der Waals surface area contributed by atoms with E-state index in [4.69, 9.17) is 4.74 Å². The molecule has 0 spiro atoms. The van der Waals surface area contributed by atoms with E-state index in [2.05, 4.69) is 10.3 Å². The van der Waals surface area contributed by atoms with Gasteiger partial charge in [0.05, 0.1) is 12.6 Å². The predicted molar refractivity (Wildman–Crippen MR) is 63.9 cm³/mol. The molecule has 1 aromatic heterocycles. The predicted octanol–water partition coefficient (Wildman–Crippen LogP) is 1.26. The Morgan fingerprint density at radius 2 is 2.25 bits per heavy atom. The van der Waals surface area contributed by atoms with Gasteiger partial charge in [-0.15, -0.1) is 0 Å². The quantitative estimate of drug-likeness (QED) is 0.815. The van der Waals surface area contributed by atoms with Gasteiger partial charge in [-0.3, -0.25) is 4.79 Å². The zero-order valence-electron chi connectivity index (χ0n) is 9.33. The van der Waals surface area contributed by atoms with Crippen molar-refractivity contribution in [2.75, 3.05) is 14.2 Å². The van der Waals surface area contributed by atoms with Gasteiger partial charge in [-0.2, -0.15) is 0 Å². The molecule has 0 aliphatic heterocycles. The van der Waals surface area contributed by atoms with Crippen LogP contribution >= 0.6 is 0 Å². The molecule has 0 saturated heterocycles. The molecule has 1 aromatic carbocycles. The SMILES string of the molecule is CNCc1cc(=O)[nH]c2c(OC)cccc12. The molecule has 0 aliphatic rings. The summed E-state index contributed by atoms with van der Waals surface area (Å²) in [6, 6.07) is 7.33. The molecular weight excluding hydrogens is 204 g/mol. The lowest BCUT2D eigenvalue weighted by atomic mass is 10.1. The molecule has 2 N–H and O–H groups in total. The first kappa shape index (κ1) is 10.7. The Balaban J connectivity index is 2.77. The van der Waals surface area contributed by atoms with E-state index in [-0.39, 0.29) is 5.56 Å². The molecule has 0 bridgehead atoms. The number of methoxy groups -OCH3 is 1. The van der Waals surface area contributed by atoms with Crippen LogP contribution in [0, 0.1) is 0 Å². The summed E-state index contributed by atoms with van der Waals surface area (Å²) in [4.78, 5) is 14.3. The van der Waals surface area contributed by atoms with E-state index in [1.54, 1.807) is 13.2 Å². The van der Waals surface area contributed by atoms with Crippen LogP contribution in [0.15, 0.2) is 29.1 Å². The highest BCUT2D eigenvalue weighted by atomic mass is 16.5. The van der Waals surface area contributed by atoms with Gasteiger partial charge in [-0.25, -0.2) is 0 Å². The number of hydrogen-bond donors (Lipinski definition) is 2. The van der Waals surface area contributed by atoms with E-state index < -0.39 is 0 Å². The number of benzene rings is 1. The van der Waals surface area contributed by atoms with E-state index in [0.717, 1.165) is 16.5 Å². The highest BCUT2D eigenvalue weighted by Gasteiger charge is 2.06. The number of ether oxygens (including phenoxy) is 1. The molecular formula is C12H14N2O2. The van der Waals surface area contributed by atoms with Crippen LogP contribution in [0.25, 0.3) is 10.9 Å². The second-order valence-corrected chi connectivity index (χ2v) is 3.57. The number of rotatable bonds is 3. The van der Waals surface area contributed by atoms with E-state index >= 15 is 0 Å². The fourth-order valence-electron chi connectivity index (χ4n) is 1.83. The van der Waals surface area contributed by atoms with Crippen molar-refractivity contribution in [2.24, 2.45) is 0 Å². The number of aromatic nitrogens is 1. The topological polar surface area (TPSA) is 54.1 Å². The maximum absolute atomic E-state index is 11.5. The summed E-state index contributed by atoms with van der Waals surface area (Å²) in [6.45, 7) is 0.660. The largest absolute Gasteiger partial charge is 0.495 e. The number of H-pyrrole nitrogens is 1. The third-order valence-corrected chi connectivity index (χ3v) is 2.51. The molecule has 1 heterocycles. The summed E-state index contributed by atoms with van der Waals surface area (Å²) in [5.41, 5.74) is 1.62. The molecule has 0 fully saturated rings. The summed E-state index contributed by atoms with van der Waals surface area (Å²) >= 11 is 0. The van der Waals surface area contributed by atoms with Crippen LogP contribution in [0.3, 0.4) is 0 Å². The first-order valence-electron chi connectivity index (χ1n) is 5.09. The highest BCUT2D eigenvalue weighted by Crippen LogP contribution is 2.24. The number of nitrogens with one attached hydrogen (secondary N) is 2. The Morgan fingerprint density at radius 3 is 2.94 bits per heavy atom. The Labute approximate surface area is 93.3 Å². The van der Waals surface area contributed by atoms with Gasteiger partial charge in [0.2, 0.25) is 5.56 Å². The second-order valence-electron chi connectivity index (χ2n) is 3.57. The normalized spacial score (nSPS) is 10.6. The lowest BCUT2D eigenvalue weighted by molar-refractivity contribution is 0.419. The molecule has 2 rings (SSSR count). The van der Waals surface area contributed by atoms with Gasteiger partial charge in [-0.05, 0) is 18.7 Å². The summed E-state index contributed by atoms with van der Waals surface area (Å²) in [5, 5.41) is 4.05. The minimum absolute atomic E-state index is 0.109. The molecule has 4 heteroatoms. The zero-order valence-corrected chi connectivity index (χ0v) is 9.33. The number of para-hydroxylation sites is 1. The van der Waals surface area contributed by atoms with Crippen LogP contribution in [-0.2, 0) is 6.54 Å². The Bertz CT molecular complexity index is 560. The van der Waals surface area contributed by atoms with Gasteiger partial charge < -0.3 is 15.0 Å². The van der Waals surface area contributed by atoms with Crippen molar-refractivity contribution in [3.8, 4) is 5.75 Å². The standard InChI is InChI=1S/C12H14N2O2/c1-13-7-8-6-11(15)14-12-9(8)4-3-5-10(12)16-2/h3-6,13H,7H2,1-2H3,(H,14,15). The van der Waals surface area contributed by atoms with Gasteiger partial charge in [0.15, 0.2) is 0 Å². The molecule has 16 heavy (non-hydrogen) atoms. The second kappa shape index (κ2) is 4.37. The van der Waals surface area contributed by atoms with Gasteiger partial charge in [0, 0.05) is 18.0 Å². The van der Waals surface area contributed by atoms with Crippen LogP contribution in [0.5, 0.6) is 5.75 Å². The number of hydrogen-bond acceptors (Lipinski definition) is 3. The van der Waals surface area contributed by atoms with Crippen molar-refractivity contribution in [2.45, 2.75) is 6.54 Å². The van der Waals surface area contributed by atoms with Crippen LogP contribution in [0.1, 0.15) is 5.56 Å². The van der Waals surface area contributed by atoms with E-state index in [1.807, 2.05) is 25.2 Å². The summed E-state index contributed by atoms with van der Waals surface area (Å²) < 4.78 is 5.23. The number of aromatic amines is 1. The number of pyridine rings is 1. The Morgan fingerprint density at radius 1 is 1.44 bits per heavy atom. The average Bonchev–Trinajstić information content (AvgIpc) is 2.28. The van der Waals surface area contributed by atoms with Gasteiger partial charge in [-0.1, -0.05) is 12.1 Å². The van der Waals surface area contributed by atoms with Crippen LogP contribution in [-0.4, -0.2) is 19.1 Å². The minimum Gasteiger partial charge on any atom is -0.495 e. The molecule has 2 aromatic rings. The monoisotopic (exact) mass is 218 g/mol. The van der Waals surface area contributed by atoms with Crippen LogP contribution < -0.4 is 15.6 Å². The lowest BCUT2D eigenvalue weighted by Gasteiger charge is -2.08. The smallest absolute Gasteiger partial charge is 0.248 e. The molecule has 0 radical (unpaired) electrons. The third-order valence-electron chi connectivity index (χ3n) is 2.51. The van der Waals surface area contributed by atoms with Gasteiger partial charge in [0.1, 0.15) is 5.75 Å². The Hall–Kier alpha value is -1.81. The summed E-state index contributed by atoms with van der Waals surface area (Å²) in [6.07, 6.45) is 0. The third kappa shape index (κ3) is 1.79. The maximum atomic E-state index is 11.5. The average molecular weight is 218 g/mol. The summed E-state index contributed by atoms with van der Waals surface area (Å²) in [5.74, 6) is 0.688. The van der Waals surface area contributed by atoms with Gasteiger partial charge in [0.25, 0.3) is 0 Å². The minimum atomic E-state index is -0.109. The molecule has 0 atom stereocenters. The van der Waals surface area contributed by atoms with Crippen molar-refractivity contribution >= 4 is 10.9 Å². The maximum Gasteiger partial charge on any atom is 0.248 e. The zero-order chi connectivity index (χ0) is 11.5. The van der Waals surface area contributed by atoms with Crippen molar-refractivity contribution in [3.63, 3.8) is 0 Å².